The molecule has 1 aliphatic carbocycles. The topological polar surface area (TPSA) is 184 Å². The summed E-state index contributed by atoms with van der Waals surface area (Å²) >= 11 is 1.43. The number of carboxylic acid groups (broad SMARTS) is 1. The first-order chi connectivity index (χ1) is 35.5. The number of para-hydroxylation sites is 2. The zero-order valence-electron chi connectivity index (χ0n) is 41.1. The summed E-state index contributed by atoms with van der Waals surface area (Å²) < 4.78 is 15.8. The number of fused-ring (bicyclic) bond motifs is 3. The fourth-order valence-electron chi connectivity index (χ4n) is 11.2. The zero-order valence-corrected chi connectivity index (χ0v) is 42.0. The summed E-state index contributed by atoms with van der Waals surface area (Å²) in [6.07, 6.45) is 6.42. The van der Waals surface area contributed by atoms with Crippen LogP contribution in [0.2, 0.25) is 0 Å². The molecule has 2 saturated heterocycles. The van der Waals surface area contributed by atoms with E-state index in [-0.39, 0.29) is 35.6 Å². The number of hydrogen-bond acceptors (Lipinski definition) is 13. The first-order valence-corrected chi connectivity index (χ1v) is 26.3. The predicted octanol–water partition coefficient (Wildman–Crippen LogP) is 8.51. The van der Waals surface area contributed by atoms with E-state index in [4.69, 9.17) is 19.6 Å². The second-order valence-corrected chi connectivity index (χ2v) is 20.7. The van der Waals surface area contributed by atoms with Crippen LogP contribution < -0.4 is 25.2 Å². The number of carbonyl (C=O) groups excluding carboxylic acids is 3. The van der Waals surface area contributed by atoms with Crippen molar-refractivity contribution < 1.29 is 33.8 Å². The molecule has 6 heterocycles. The number of hydrogen-bond donors (Lipinski definition) is 3. The van der Waals surface area contributed by atoms with Gasteiger partial charge in [-0.3, -0.25) is 34.6 Å². The number of piperazine rings is 1. The van der Waals surface area contributed by atoms with Crippen LogP contribution >= 0.6 is 11.3 Å². The van der Waals surface area contributed by atoms with Crippen molar-refractivity contribution in [2.75, 3.05) is 61.0 Å². The Balaban J connectivity index is 0.642. The van der Waals surface area contributed by atoms with Crippen molar-refractivity contribution in [3.05, 3.63) is 125 Å². The molecular weight excluding hydrogens is 943 g/mol. The van der Waals surface area contributed by atoms with Gasteiger partial charge in [0.25, 0.3) is 5.91 Å². The second-order valence-electron chi connectivity index (χ2n) is 19.7. The monoisotopic (exact) mass is 1000 g/mol. The van der Waals surface area contributed by atoms with Gasteiger partial charge in [-0.15, -0.1) is 0 Å². The first-order valence-electron chi connectivity index (χ1n) is 25.5. The number of pyridine rings is 1. The number of carbonyl (C=O) groups is 4. The van der Waals surface area contributed by atoms with Crippen LogP contribution in [0.15, 0.2) is 91.0 Å². The molecule has 3 amide bonds. The maximum Gasteiger partial charge on any atom is 0.355 e. The standard InChI is InChI=1S/C56H59N9O7S/c1-34-32-38(18-19-39(34)40-20-22-48(58-51(40)55(69)70)65-26-24-35-8-5-9-41(44(35)33-65)53(67)60-56-57-45-11-3-4-13-47(45)73-56)72-37-16-14-36(15-17-37)71-31-7-25-63-27-29-64(30-28-63)46-12-6-10-42-50(61-62(2)52(42)46)43-21-23-49(66)59-54(43)68/h3-6,8-13,18-20,22,32,36-37,43H,7,14-17,21,23-31,33H2,1-2H3,(H,69,70)(H,57,60,67)(H,59,66,68). The number of rotatable bonds is 14. The molecule has 3 fully saturated rings. The average molecular weight is 1000 g/mol. The van der Waals surface area contributed by atoms with Gasteiger partial charge in [0.15, 0.2) is 10.8 Å². The Bertz CT molecular complexity index is 3210. The van der Waals surface area contributed by atoms with E-state index in [0.717, 1.165) is 132 Å². The second kappa shape index (κ2) is 20.7. The van der Waals surface area contributed by atoms with Crippen LogP contribution in [0.4, 0.5) is 16.6 Å². The van der Waals surface area contributed by atoms with E-state index in [2.05, 4.69) is 31.5 Å². The molecule has 73 heavy (non-hydrogen) atoms. The lowest BCUT2D eigenvalue weighted by Crippen LogP contribution is -2.47. The van der Waals surface area contributed by atoms with Crippen LogP contribution in [0, 0.1) is 6.92 Å². The van der Waals surface area contributed by atoms with Crippen molar-refractivity contribution >= 4 is 72.8 Å². The van der Waals surface area contributed by atoms with Gasteiger partial charge in [0.05, 0.1) is 45.2 Å². The van der Waals surface area contributed by atoms with Crippen molar-refractivity contribution in [3.8, 4) is 16.9 Å². The number of carboxylic acids is 1. The number of aryl methyl sites for hydroxylation is 2. The Kier molecular flexibility index (Phi) is 13.6. The van der Waals surface area contributed by atoms with Crippen LogP contribution in [-0.4, -0.2) is 112 Å². The number of nitrogens with one attached hydrogen (secondary N) is 2. The molecule has 3 aliphatic heterocycles. The molecule has 3 aromatic heterocycles. The Morgan fingerprint density at radius 3 is 2.42 bits per heavy atom. The number of anilines is 3. The third kappa shape index (κ3) is 10.1. The molecule has 376 valence electrons. The number of piperidine rings is 1. The molecule has 3 N–H and O–H groups in total. The highest BCUT2D eigenvalue weighted by Gasteiger charge is 2.33. The highest BCUT2D eigenvalue weighted by Crippen LogP contribution is 2.37. The summed E-state index contributed by atoms with van der Waals surface area (Å²) in [7, 11) is 1.93. The van der Waals surface area contributed by atoms with Crippen LogP contribution in [0.5, 0.6) is 5.75 Å². The van der Waals surface area contributed by atoms with Gasteiger partial charge in [0.2, 0.25) is 11.8 Å². The maximum atomic E-state index is 13.6. The van der Waals surface area contributed by atoms with Gasteiger partial charge in [0.1, 0.15) is 11.6 Å². The van der Waals surface area contributed by atoms with E-state index in [9.17, 15) is 24.3 Å². The van der Waals surface area contributed by atoms with Crippen molar-refractivity contribution in [2.45, 2.75) is 83.0 Å². The highest BCUT2D eigenvalue weighted by molar-refractivity contribution is 7.22. The van der Waals surface area contributed by atoms with Gasteiger partial charge in [-0.05, 0) is 123 Å². The fraction of sp³-hybridized carbons (Fsp3) is 0.375. The van der Waals surface area contributed by atoms with E-state index in [1.165, 1.54) is 11.3 Å². The van der Waals surface area contributed by atoms with E-state index in [1.54, 1.807) is 0 Å². The van der Waals surface area contributed by atoms with Crippen molar-refractivity contribution in [1.29, 1.82) is 0 Å². The van der Waals surface area contributed by atoms with Gasteiger partial charge >= 0.3 is 5.97 Å². The van der Waals surface area contributed by atoms with Crippen LogP contribution in [0.25, 0.3) is 32.2 Å². The maximum absolute atomic E-state index is 13.6. The Hall–Kier alpha value is -7.21. The molecule has 1 atom stereocenters. The number of nitrogens with zero attached hydrogens (tertiary/aromatic N) is 7. The number of amides is 3. The van der Waals surface area contributed by atoms with Gasteiger partial charge in [-0.1, -0.05) is 53.8 Å². The van der Waals surface area contributed by atoms with Crippen LogP contribution in [-0.2, 0) is 34.3 Å². The van der Waals surface area contributed by atoms with Gasteiger partial charge < -0.3 is 24.4 Å². The Labute approximate surface area is 427 Å². The van der Waals surface area contributed by atoms with Crippen LogP contribution in [0.1, 0.15) is 94.1 Å². The molecular formula is C56H59N9O7S. The first kappa shape index (κ1) is 48.1. The normalized spacial score (nSPS) is 19.5. The fourth-order valence-corrected chi connectivity index (χ4v) is 12.0. The number of benzene rings is 4. The van der Waals surface area contributed by atoms with Crippen molar-refractivity contribution in [3.63, 3.8) is 0 Å². The lowest BCUT2D eigenvalue weighted by atomic mass is 9.92. The minimum atomic E-state index is -1.11. The molecule has 11 rings (SSSR count). The smallest absolute Gasteiger partial charge is 0.355 e. The lowest BCUT2D eigenvalue weighted by molar-refractivity contribution is -0.134. The average Bonchev–Trinajstić information content (AvgIpc) is 3.97. The quantitative estimate of drug-likeness (QED) is 0.0697. The summed E-state index contributed by atoms with van der Waals surface area (Å²) in [6, 6.07) is 29.3. The van der Waals surface area contributed by atoms with E-state index >= 15 is 0 Å². The third-order valence-corrected chi connectivity index (χ3v) is 15.9. The molecule has 0 bridgehead atoms. The number of imide groups is 1. The minimum Gasteiger partial charge on any atom is -0.490 e. The molecule has 17 heteroatoms. The summed E-state index contributed by atoms with van der Waals surface area (Å²) in [5, 5.41) is 22.2. The number of thiazole rings is 1. The van der Waals surface area contributed by atoms with Gasteiger partial charge in [-0.25, -0.2) is 14.8 Å². The Morgan fingerprint density at radius 2 is 1.63 bits per heavy atom. The SMILES string of the molecule is Cc1cc(OC2CCC(OCCCN3CCN(c4cccc5c(C6CCC(=O)NC6=O)nn(C)c45)CC3)CC2)ccc1-c1ccc(N2CCc3cccc(C(=O)Nc4nc5ccccc5s4)c3C2)nc1C(=O)O. The van der Waals surface area contributed by atoms with Crippen molar-refractivity contribution in [1.82, 2.24) is 30.0 Å². The van der Waals surface area contributed by atoms with E-state index in [0.29, 0.717) is 54.4 Å². The molecule has 0 radical (unpaired) electrons. The molecule has 4 aliphatic rings. The summed E-state index contributed by atoms with van der Waals surface area (Å²) in [6.45, 7) is 8.42. The van der Waals surface area contributed by atoms with Crippen LogP contribution in [0.3, 0.4) is 0 Å². The lowest BCUT2D eigenvalue weighted by Gasteiger charge is -2.36. The Morgan fingerprint density at radius 1 is 0.836 bits per heavy atom. The largest absolute Gasteiger partial charge is 0.490 e. The molecule has 16 nitrogen and oxygen atoms in total. The zero-order chi connectivity index (χ0) is 50.2. The molecule has 7 aromatic rings. The number of aromatic carboxylic acids is 1. The van der Waals surface area contributed by atoms with Gasteiger partial charge in [0, 0.05) is 82.4 Å². The predicted molar refractivity (Wildman–Crippen MR) is 282 cm³/mol. The number of aromatic nitrogens is 4. The minimum absolute atomic E-state index is 0.0257. The summed E-state index contributed by atoms with van der Waals surface area (Å²) in [5.74, 6) is -0.947. The summed E-state index contributed by atoms with van der Waals surface area (Å²) in [4.78, 5) is 67.2. The highest BCUT2D eigenvalue weighted by atomic mass is 32.1. The molecule has 1 unspecified atom stereocenters. The number of ether oxygens (including phenoxy) is 2. The molecule has 4 aromatic carbocycles. The summed E-state index contributed by atoms with van der Waals surface area (Å²) in [5.41, 5.74) is 8.45. The van der Waals surface area contributed by atoms with Gasteiger partial charge in [-0.2, -0.15) is 5.10 Å². The third-order valence-electron chi connectivity index (χ3n) is 15.0. The van der Waals surface area contributed by atoms with E-state index in [1.807, 2.05) is 108 Å². The van der Waals surface area contributed by atoms with Crippen molar-refractivity contribution in [2.24, 2.45) is 7.05 Å². The molecule has 1 saturated carbocycles. The van der Waals surface area contributed by atoms with E-state index < -0.39 is 11.9 Å². The molecule has 0 spiro atoms.